The minimum Gasteiger partial charge on any atom is -0.342 e. The van der Waals surface area contributed by atoms with Crippen LogP contribution in [0, 0.1) is 0 Å². The number of hydrogen-bond donors (Lipinski definition) is 0. The zero-order chi connectivity index (χ0) is 16.2. The van der Waals surface area contributed by atoms with Crippen LogP contribution in [0.25, 0.3) is 0 Å². The largest absolute Gasteiger partial charge is 0.342 e. The van der Waals surface area contributed by atoms with E-state index < -0.39 is 0 Å². The first kappa shape index (κ1) is 16.1. The molecule has 1 aliphatic rings. The summed E-state index contributed by atoms with van der Waals surface area (Å²) in [6.07, 6.45) is 6.13. The van der Waals surface area contributed by atoms with Gasteiger partial charge >= 0.3 is 0 Å². The summed E-state index contributed by atoms with van der Waals surface area (Å²) in [6, 6.07) is 3.84. The van der Waals surface area contributed by atoms with Crippen LogP contribution in [0.5, 0.6) is 0 Å². The molecule has 0 aliphatic carbocycles. The van der Waals surface area contributed by atoms with Crippen LogP contribution in [-0.4, -0.2) is 33.9 Å². The molecule has 3 rings (SSSR count). The summed E-state index contributed by atoms with van der Waals surface area (Å²) in [6.45, 7) is 6.00. The number of piperidine rings is 1. The van der Waals surface area contributed by atoms with E-state index in [1.165, 1.54) is 10.7 Å². The number of amides is 1. The molecule has 2 aromatic heterocycles. The summed E-state index contributed by atoms with van der Waals surface area (Å²) in [5.41, 5.74) is 2.15. The molecule has 2 aromatic rings. The highest BCUT2D eigenvalue weighted by Crippen LogP contribution is 2.31. The van der Waals surface area contributed by atoms with Gasteiger partial charge in [0.1, 0.15) is 0 Å². The minimum absolute atomic E-state index is 0.198. The lowest BCUT2D eigenvalue weighted by Crippen LogP contribution is -2.39. The summed E-state index contributed by atoms with van der Waals surface area (Å²) in [5.74, 6) is 1.05. The molecule has 1 amide bonds. The molecule has 1 aliphatic heterocycles. The predicted molar refractivity (Wildman–Crippen MR) is 92.7 cm³/mol. The van der Waals surface area contributed by atoms with Crippen molar-refractivity contribution in [3.8, 4) is 0 Å². The molecule has 0 radical (unpaired) electrons. The number of carbonyl (C=O) groups excluding carboxylic acids is 1. The fourth-order valence-corrected chi connectivity index (χ4v) is 4.06. The van der Waals surface area contributed by atoms with Gasteiger partial charge in [0, 0.05) is 36.8 Å². The van der Waals surface area contributed by atoms with Crippen molar-refractivity contribution in [2.75, 3.05) is 13.1 Å². The average Bonchev–Trinajstić information content (AvgIpc) is 3.06. The Kier molecular flexibility index (Phi) is 5.06. The summed E-state index contributed by atoms with van der Waals surface area (Å²) >= 11 is 1.74. The van der Waals surface area contributed by atoms with Crippen molar-refractivity contribution >= 4 is 17.2 Å². The third-order valence-electron chi connectivity index (χ3n) is 4.33. The van der Waals surface area contributed by atoms with Crippen LogP contribution in [-0.2, 0) is 11.2 Å². The zero-order valence-corrected chi connectivity index (χ0v) is 14.6. The molecule has 0 spiro atoms. The Morgan fingerprint density at radius 3 is 3.04 bits per heavy atom. The molecule has 4 nitrogen and oxygen atoms in total. The van der Waals surface area contributed by atoms with Gasteiger partial charge in [-0.15, -0.1) is 11.3 Å². The summed E-state index contributed by atoms with van der Waals surface area (Å²) in [7, 11) is 0. The number of carbonyl (C=O) groups is 1. The van der Waals surface area contributed by atoms with Crippen LogP contribution in [0.2, 0.25) is 0 Å². The van der Waals surface area contributed by atoms with E-state index in [1.807, 2.05) is 17.0 Å². The van der Waals surface area contributed by atoms with Crippen LogP contribution in [0.1, 0.15) is 54.8 Å². The molecule has 0 N–H and O–H groups in total. The quantitative estimate of drug-likeness (QED) is 0.861. The van der Waals surface area contributed by atoms with Crippen LogP contribution < -0.4 is 0 Å². The third kappa shape index (κ3) is 3.96. The number of hydrogen-bond acceptors (Lipinski definition) is 4. The molecule has 0 aromatic carbocycles. The van der Waals surface area contributed by atoms with Crippen LogP contribution in [0.3, 0.4) is 0 Å². The highest BCUT2D eigenvalue weighted by molar-refractivity contribution is 7.09. The van der Waals surface area contributed by atoms with Crippen molar-refractivity contribution in [1.82, 2.24) is 14.9 Å². The fraction of sp³-hybridized carbons (Fsp3) is 0.500. The van der Waals surface area contributed by atoms with Gasteiger partial charge in [-0.1, -0.05) is 19.9 Å². The van der Waals surface area contributed by atoms with E-state index >= 15 is 0 Å². The topological polar surface area (TPSA) is 46.1 Å². The minimum atomic E-state index is 0.198. The van der Waals surface area contributed by atoms with Gasteiger partial charge in [0.15, 0.2) is 0 Å². The van der Waals surface area contributed by atoms with Crippen molar-refractivity contribution < 1.29 is 4.79 Å². The zero-order valence-electron chi connectivity index (χ0n) is 13.7. The molecule has 1 fully saturated rings. The standard InChI is InChI=1S/C18H23N3OS/c1-13(2)16-12-23-18(20-16)15-6-4-8-21(11-15)17(22)9-14-5-3-7-19-10-14/h3,5,7,10,12-13,15H,4,6,8-9,11H2,1-2H3/t15-/m0/s1. The lowest BCUT2D eigenvalue weighted by Gasteiger charge is -2.32. The lowest BCUT2D eigenvalue weighted by molar-refractivity contribution is -0.131. The second-order valence-corrected chi connectivity index (χ2v) is 7.37. The number of rotatable bonds is 4. The average molecular weight is 329 g/mol. The predicted octanol–water partition coefficient (Wildman–Crippen LogP) is 3.61. The van der Waals surface area contributed by atoms with Crippen molar-refractivity contribution in [1.29, 1.82) is 0 Å². The van der Waals surface area contributed by atoms with E-state index in [4.69, 9.17) is 4.98 Å². The Morgan fingerprint density at radius 1 is 1.48 bits per heavy atom. The van der Waals surface area contributed by atoms with E-state index in [9.17, 15) is 4.79 Å². The Balaban J connectivity index is 1.64. The van der Waals surface area contributed by atoms with E-state index in [-0.39, 0.29) is 5.91 Å². The molecule has 122 valence electrons. The van der Waals surface area contributed by atoms with Crippen molar-refractivity contribution in [2.45, 2.75) is 44.9 Å². The first-order valence-electron chi connectivity index (χ1n) is 8.25. The second-order valence-electron chi connectivity index (χ2n) is 6.48. The van der Waals surface area contributed by atoms with E-state index in [1.54, 1.807) is 23.7 Å². The van der Waals surface area contributed by atoms with Gasteiger partial charge in [-0.2, -0.15) is 0 Å². The molecule has 3 heterocycles. The molecule has 1 atom stereocenters. The monoisotopic (exact) mass is 329 g/mol. The molecular formula is C18H23N3OS. The highest BCUT2D eigenvalue weighted by atomic mass is 32.1. The second kappa shape index (κ2) is 7.21. The van der Waals surface area contributed by atoms with Crippen molar-refractivity contribution in [3.05, 3.63) is 46.2 Å². The Labute approximate surface area is 141 Å². The first-order chi connectivity index (χ1) is 11.1. The van der Waals surface area contributed by atoms with E-state index in [0.717, 1.165) is 31.5 Å². The van der Waals surface area contributed by atoms with Crippen LogP contribution in [0.15, 0.2) is 29.9 Å². The molecule has 0 saturated carbocycles. The number of thiazole rings is 1. The van der Waals surface area contributed by atoms with Gasteiger partial charge in [0.05, 0.1) is 17.1 Å². The number of nitrogens with zero attached hydrogens (tertiary/aromatic N) is 3. The smallest absolute Gasteiger partial charge is 0.227 e. The maximum absolute atomic E-state index is 12.5. The normalized spacial score (nSPS) is 18.4. The molecule has 23 heavy (non-hydrogen) atoms. The molecule has 1 saturated heterocycles. The molecular weight excluding hydrogens is 306 g/mol. The number of pyridine rings is 1. The fourth-order valence-electron chi connectivity index (χ4n) is 2.95. The van der Waals surface area contributed by atoms with Gasteiger partial charge < -0.3 is 4.90 Å². The van der Waals surface area contributed by atoms with Crippen LogP contribution >= 0.6 is 11.3 Å². The Morgan fingerprint density at radius 2 is 2.35 bits per heavy atom. The number of aromatic nitrogens is 2. The third-order valence-corrected chi connectivity index (χ3v) is 5.36. The van der Waals surface area contributed by atoms with Crippen molar-refractivity contribution in [3.63, 3.8) is 0 Å². The summed E-state index contributed by atoms with van der Waals surface area (Å²) < 4.78 is 0. The first-order valence-corrected chi connectivity index (χ1v) is 9.13. The SMILES string of the molecule is CC(C)c1csc([C@H]2CCCN(C(=O)Cc3cccnc3)C2)n1. The molecule has 0 unspecified atom stereocenters. The van der Waals surface area contributed by atoms with Gasteiger partial charge in [-0.3, -0.25) is 9.78 Å². The maximum atomic E-state index is 12.5. The van der Waals surface area contributed by atoms with Gasteiger partial charge in [-0.05, 0) is 30.4 Å². The van der Waals surface area contributed by atoms with Crippen LogP contribution in [0.4, 0.5) is 0 Å². The van der Waals surface area contributed by atoms with E-state index in [0.29, 0.717) is 18.3 Å². The lowest BCUT2D eigenvalue weighted by atomic mass is 9.98. The van der Waals surface area contributed by atoms with Gasteiger partial charge in [0.2, 0.25) is 5.91 Å². The maximum Gasteiger partial charge on any atom is 0.227 e. The van der Waals surface area contributed by atoms with Crippen molar-refractivity contribution in [2.24, 2.45) is 0 Å². The van der Waals surface area contributed by atoms with Gasteiger partial charge in [-0.25, -0.2) is 4.98 Å². The number of likely N-dealkylation sites (tertiary alicyclic amines) is 1. The summed E-state index contributed by atoms with van der Waals surface area (Å²) in [5, 5.41) is 3.35. The van der Waals surface area contributed by atoms with E-state index in [2.05, 4.69) is 24.2 Å². The highest BCUT2D eigenvalue weighted by Gasteiger charge is 2.26. The van der Waals surface area contributed by atoms with Gasteiger partial charge in [0.25, 0.3) is 0 Å². The Hall–Kier alpha value is -1.75. The Bertz CT molecular complexity index is 653. The molecule has 5 heteroatoms. The summed E-state index contributed by atoms with van der Waals surface area (Å²) in [4.78, 5) is 23.4. The molecule has 0 bridgehead atoms.